The van der Waals surface area contributed by atoms with Crippen molar-refractivity contribution < 1.29 is 9.59 Å². The summed E-state index contributed by atoms with van der Waals surface area (Å²) in [5, 5.41) is 1.73. The number of Topliss-reactive ketones (excluding diaryl/α,β-unsaturated/α-hetero) is 1. The molecule has 4 nitrogen and oxygen atoms in total. The molecule has 2 aromatic heterocycles. The fourth-order valence-electron chi connectivity index (χ4n) is 3.71. The Morgan fingerprint density at radius 1 is 0.964 bits per heavy atom. The van der Waals surface area contributed by atoms with Crippen molar-refractivity contribution in [3.05, 3.63) is 78.0 Å². The van der Waals surface area contributed by atoms with E-state index < -0.39 is 0 Å². The molecule has 1 aliphatic rings. The quantitative estimate of drug-likeness (QED) is 0.368. The average Bonchev–Trinajstić information content (AvgIpc) is 3.17. The molecule has 5 rings (SSSR count). The number of thioether (sulfide) groups is 1. The topological polar surface area (TPSA) is 52.0 Å². The molecule has 1 aliphatic heterocycles. The number of aromatic nitrogens is 2. The minimum absolute atomic E-state index is 0.0917. The minimum Gasteiger partial charge on any atom is -0.294 e. The monoisotopic (exact) mass is 384 g/mol. The summed E-state index contributed by atoms with van der Waals surface area (Å²) in [4.78, 5) is 28.9. The Bertz CT molecular complexity index is 1290. The summed E-state index contributed by atoms with van der Waals surface area (Å²) in [5.41, 5.74) is 3.24. The van der Waals surface area contributed by atoms with Crippen LogP contribution in [-0.2, 0) is 9.59 Å². The predicted octanol–water partition coefficient (Wildman–Crippen LogP) is 4.79. The molecular formula is C23H16N2O2S. The third kappa shape index (κ3) is 2.59. The Hall–Kier alpha value is -3.18. The lowest BCUT2D eigenvalue weighted by Gasteiger charge is -2.06. The second-order valence-corrected chi connectivity index (χ2v) is 8.10. The molecule has 1 atom stereocenters. The molecule has 4 aromatic rings. The van der Waals surface area contributed by atoms with E-state index >= 15 is 0 Å². The van der Waals surface area contributed by atoms with Gasteiger partial charge in [-0.1, -0.05) is 42.1 Å². The van der Waals surface area contributed by atoms with Crippen LogP contribution in [0.4, 0.5) is 0 Å². The lowest BCUT2D eigenvalue weighted by Crippen LogP contribution is -2.07. The summed E-state index contributed by atoms with van der Waals surface area (Å²) in [5.74, 6) is 0.761. The minimum atomic E-state index is -0.298. The van der Waals surface area contributed by atoms with Crippen molar-refractivity contribution in [3.8, 4) is 5.82 Å². The predicted molar refractivity (Wildman–Crippen MR) is 114 cm³/mol. The molecule has 0 N–H and O–H groups in total. The van der Waals surface area contributed by atoms with Crippen LogP contribution in [-0.4, -0.2) is 25.7 Å². The maximum atomic E-state index is 12.3. The van der Waals surface area contributed by atoms with Crippen LogP contribution in [0.5, 0.6) is 0 Å². The van der Waals surface area contributed by atoms with E-state index in [1.54, 1.807) is 19.2 Å². The van der Waals surface area contributed by atoms with Crippen molar-refractivity contribution in [1.29, 1.82) is 0 Å². The highest BCUT2D eigenvalue weighted by molar-refractivity contribution is 8.16. The van der Waals surface area contributed by atoms with Crippen LogP contribution < -0.4 is 0 Å². The number of hydrogen-bond acceptors (Lipinski definition) is 4. The smallest absolute Gasteiger partial charge is 0.223 e. The summed E-state index contributed by atoms with van der Waals surface area (Å²) in [7, 11) is 0. The molecule has 0 aliphatic carbocycles. The maximum absolute atomic E-state index is 12.3. The first-order chi connectivity index (χ1) is 13.6. The molecule has 1 saturated heterocycles. The van der Waals surface area contributed by atoms with E-state index in [2.05, 4.69) is 21.7 Å². The van der Waals surface area contributed by atoms with Gasteiger partial charge in [0.05, 0.1) is 21.9 Å². The third-order valence-electron chi connectivity index (χ3n) is 5.02. The highest BCUT2D eigenvalue weighted by Crippen LogP contribution is 2.34. The van der Waals surface area contributed by atoms with Crippen molar-refractivity contribution in [2.75, 3.05) is 0 Å². The summed E-state index contributed by atoms with van der Waals surface area (Å²) in [6.07, 6.45) is 3.50. The lowest BCUT2D eigenvalue weighted by atomic mass is 10.0. The SMILES string of the molecule is CC1SC(=O)/C(=C/c2ccc3c(c2)c2ccccc2n3-c2ccccn2)C1=O. The number of fused-ring (bicyclic) bond motifs is 3. The van der Waals surface area contributed by atoms with Crippen molar-refractivity contribution in [2.24, 2.45) is 0 Å². The van der Waals surface area contributed by atoms with Gasteiger partial charge in [-0.2, -0.15) is 0 Å². The fourth-order valence-corrected chi connectivity index (χ4v) is 4.55. The van der Waals surface area contributed by atoms with E-state index in [1.807, 2.05) is 48.5 Å². The van der Waals surface area contributed by atoms with Gasteiger partial charge in [-0.15, -0.1) is 0 Å². The summed E-state index contributed by atoms with van der Waals surface area (Å²) >= 11 is 1.09. The summed E-state index contributed by atoms with van der Waals surface area (Å²) in [6, 6.07) is 20.0. The molecule has 136 valence electrons. The van der Waals surface area contributed by atoms with E-state index in [-0.39, 0.29) is 21.7 Å². The van der Waals surface area contributed by atoms with Crippen LogP contribution in [0.15, 0.2) is 72.4 Å². The maximum Gasteiger partial charge on any atom is 0.223 e. The Balaban J connectivity index is 1.75. The Labute approximate surface area is 165 Å². The molecule has 0 radical (unpaired) electrons. The van der Waals surface area contributed by atoms with Gasteiger partial charge in [0.15, 0.2) is 5.78 Å². The first kappa shape index (κ1) is 17.0. The number of benzene rings is 2. The number of pyridine rings is 1. The van der Waals surface area contributed by atoms with Crippen molar-refractivity contribution in [2.45, 2.75) is 12.2 Å². The first-order valence-electron chi connectivity index (χ1n) is 9.05. The lowest BCUT2D eigenvalue weighted by molar-refractivity contribution is -0.116. The van der Waals surface area contributed by atoms with E-state index in [9.17, 15) is 9.59 Å². The largest absolute Gasteiger partial charge is 0.294 e. The average molecular weight is 384 g/mol. The van der Waals surface area contributed by atoms with Gasteiger partial charge in [0.25, 0.3) is 0 Å². The second-order valence-electron chi connectivity index (χ2n) is 6.79. The summed E-state index contributed by atoms with van der Waals surface area (Å²) < 4.78 is 2.13. The molecule has 1 fully saturated rings. The van der Waals surface area contributed by atoms with E-state index in [0.717, 1.165) is 44.9 Å². The highest BCUT2D eigenvalue weighted by atomic mass is 32.2. The Morgan fingerprint density at radius 2 is 1.75 bits per heavy atom. The van der Waals surface area contributed by atoms with Crippen LogP contribution in [0, 0.1) is 0 Å². The van der Waals surface area contributed by atoms with Gasteiger partial charge in [0, 0.05) is 17.0 Å². The summed E-state index contributed by atoms with van der Waals surface area (Å²) in [6.45, 7) is 1.77. The van der Waals surface area contributed by atoms with Gasteiger partial charge < -0.3 is 0 Å². The molecule has 2 aromatic carbocycles. The number of carbonyl (C=O) groups is 2. The molecule has 1 unspecified atom stereocenters. The van der Waals surface area contributed by atoms with Crippen molar-refractivity contribution >= 4 is 50.5 Å². The van der Waals surface area contributed by atoms with E-state index in [1.165, 1.54) is 0 Å². The molecule has 0 bridgehead atoms. The zero-order chi connectivity index (χ0) is 19.3. The molecule has 3 heterocycles. The van der Waals surface area contributed by atoms with Crippen LogP contribution in [0.1, 0.15) is 12.5 Å². The van der Waals surface area contributed by atoms with E-state index in [4.69, 9.17) is 0 Å². The molecule has 0 saturated carbocycles. The number of carbonyl (C=O) groups excluding carboxylic acids is 2. The highest BCUT2D eigenvalue weighted by Gasteiger charge is 2.33. The van der Waals surface area contributed by atoms with Gasteiger partial charge in [0.2, 0.25) is 5.12 Å². The Kier molecular flexibility index (Phi) is 3.91. The van der Waals surface area contributed by atoms with Crippen LogP contribution in [0.25, 0.3) is 33.7 Å². The number of nitrogens with zero attached hydrogens (tertiary/aromatic N) is 2. The third-order valence-corrected chi connectivity index (χ3v) is 6.03. The van der Waals surface area contributed by atoms with Crippen LogP contribution in [0.3, 0.4) is 0 Å². The first-order valence-corrected chi connectivity index (χ1v) is 9.93. The molecule has 0 amide bonds. The molecule has 0 spiro atoms. The van der Waals surface area contributed by atoms with Gasteiger partial charge in [0.1, 0.15) is 5.82 Å². The normalized spacial score (nSPS) is 18.6. The van der Waals surface area contributed by atoms with E-state index in [0.29, 0.717) is 0 Å². The molecule has 28 heavy (non-hydrogen) atoms. The molecule has 5 heteroatoms. The van der Waals surface area contributed by atoms with Gasteiger partial charge in [-0.25, -0.2) is 4.98 Å². The van der Waals surface area contributed by atoms with Gasteiger partial charge in [-0.05, 0) is 48.9 Å². The van der Waals surface area contributed by atoms with Crippen molar-refractivity contribution in [3.63, 3.8) is 0 Å². The van der Waals surface area contributed by atoms with Gasteiger partial charge in [-0.3, -0.25) is 14.2 Å². The standard InChI is InChI=1S/C23H16N2O2S/c1-14-22(26)18(23(27)28-14)13-15-9-10-20-17(12-15)16-6-2-3-7-19(16)25(20)21-8-4-5-11-24-21/h2-14H,1H3/b18-13+. The zero-order valence-electron chi connectivity index (χ0n) is 15.1. The van der Waals surface area contributed by atoms with Crippen LogP contribution >= 0.6 is 11.8 Å². The number of rotatable bonds is 2. The number of ketones is 1. The number of hydrogen-bond donors (Lipinski definition) is 0. The van der Waals surface area contributed by atoms with Crippen molar-refractivity contribution in [1.82, 2.24) is 9.55 Å². The second kappa shape index (κ2) is 6.46. The van der Waals surface area contributed by atoms with Crippen LogP contribution in [0.2, 0.25) is 0 Å². The fraction of sp³-hybridized carbons (Fsp3) is 0.0870. The number of para-hydroxylation sites is 1. The molecular weight excluding hydrogens is 368 g/mol. The van der Waals surface area contributed by atoms with Gasteiger partial charge >= 0.3 is 0 Å². The Morgan fingerprint density at radius 3 is 2.50 bits per heavy atom. The zero-order valence-corrected chi connectivity index (χ0v) is 15.9.